The lowest BCUT2D eigenvalue weighted by atomic mass is 10.4. The lowest BCUT2D eigenvalue weighted by Gasteiger charge is -2.04. The Hall–Kier alpha value is -2.51. The molecule has 0 aliphatic rings. The van der Waals surface area contributed by atoms with Crippen LogP contribution in [0.3, 0.4) is 0 Å². The number of rotatable bonds is 3. The molecule has 0 fully saturated rings. The molecule has 2 heterocycles. The van der Waals surface area contributed by atoms with Crippen molar-refractivity contribution >= 4 is 17.4 Å². The van der Waals surface area contributed by atoms with Gasteiger partial charge in [0.05, 0.1) is 18.1 Å². The summed E-state index contributed by atoms with van der Waals surface area (Å²) in [6.45, 7) is -2.73. The molecule has 2 rings (SSSR count). The molecule has 0 saturated heterocycles. The van der Waals surface area contributed by atoms with Crippen molar-refractivity contribution in [3.8, 4) is 0 Å². The molecule has 0 aliphatic carbocycles. The number of amides is 2. The van der Waals surface area contributed by atoms with Gasteiger partial charge in [-0.25, -0.2) is 9.48 Å². The van der Waals surface area contributed by atoms with Gasteiger partial charge in [-0.3, -0.25) is 4.98 Å². The van der Waals surface area contributed by atoms with Crippen LogP contribution in [0.5, 0.6) is 0 Å². The van der Waals surface area contributed by atoms with Crippen molar-refractivity contribution in [3.05, 3.63) is 36.9 Å². The Morgan fingerprint density at radius 3 is 2.50 bits per heavy atom. The van der Waals surface area contributed by atoms with E-state index in [4.69, 9.17) is 0 Å². The first-order valence-electron chi connectivity index (χ1n) is 4.95. The highest BCUT2D eigenvalue weighted by Crippen LogP contribution is 2.13. The maximum Gasteiger partial charge on any atom is 0.333 e. The van der Waals surface area contributed by atoms with E-state index in [1.165, 1.54) is 12.4 Å². The predicted octanol–water partition coefficient (Wildman–Crippen LogP) is 2.32. The van der Waals surface area contributed by atoms with Crippen LogP contribution in [0.25, 0.3) is 0 Å². The molecule has 0 unspecified atom stereocenters. The molecule has 6 nitrogen and oxygen atoms in total. The van der Waals surface area contributed by atoms with Crippen LogP contribution in [-0.4, -0.2) is 20.8 Å². The smallest absolute Gasteiger partial charge is 0.308 e. The summed E-state index contributed by atoms with van der Waals surface area (Å²) in [6.07, 6.45) is 5.21. The minimum atomic E-state index is -2.73. The van der Waals surface area contributed by atoms with E-state index in [0.29, 0.717) is 10.4 Å². The number of halogens is 2. The molecule has 2 N–H and O–H groups in total. The highest BCUT2D eigenvalue weighted by molar-refractivity contribution is 5.99. The summed E-state index contributed by atoms with van der Waals surface area (Å²) < 4.78 is 24.9. The first-order chi connectivity index (χ1) is 8.65. The van der Waals surface area contributed by atoms with E-state index in [-0.39, 0.29) is 5.69 Å². The van der Waals surface area contributed by atoms with Crippen LogP contribution < -0.4 is 10.6 Å². The number of carbonyl (C=O) groups is 1. The van der Waals surface area contributed by atoms with Gasteiger partial charge in [0.15, 0.2) is 0 Å². The third kappa shape index (κ3) is 3.00. The third-order valence-electron chi connectivity index (χ3n) is 2.00. The lowest BCUT2D eigenvalue weighted by molar-refractivity contribution is 0.0566. The molecule has 0 atom stereocenters. The number of nitrogens with zero attached hydrogens (tertiary/aromatic N) is 3. The highest BCUT2D eigenvalue weighted by Gasteiger charge is 2.09. The molecule has 2 aromatic rings. The third-order valence-corrected chi connectivity index (χ3v) is 2.00. The zero-order valence-electron chi connectivity index (χ0n) is 9.05. The van der Waals surface area contributed by atoms with Crippen molar-refractivity contribution in [2.24, 2.45) is 0 Å². The van der Waals surface area contributed by atoms with E-state index in [1.807, 2.05) is 0 Å². The van der Waals surface area contributed by atoms with Crippen molar-refractivity contribution < 1.29 is 13.6 Å². The second-order valence-corrected chi connectivity index (χ2v) is 3.30. The molecule has 0 spiro atoms. The fourth-order valence-electron chi connectivity index (χ4n) is 1.24. The van der Waals surface area contributed by atoms with Crippen LogP contribution in [0.1, 0.15) is 6.55 Å². The van der Waals surface area contributed by atoms with E-state index in [0.717, 1.165) is 12.4 Å². The molecule has 94 valence electrons. The number of hydrogen-bond donors (Lipinski definition) is 2. The van der Waals surface area contributed by atoms with Crippen molar-refractivity contribution in [2.45, 2.75) is 6.55 Å². The Morgan fingerprint density at radius 1 is 1.22 bits per heavy atom. The number of hydrogen-bond acceptors (Lipinski definition) is 3. The molecule has 0 bridgehead atoms. The fourth-order valence-corrected chi connectivity index (χ4v) is 1.24. The topological polar surface area (TPSA) is 71.8 Å². The number of anilines is 2. The van der Waals surface area contributed by atoms with E-state index < -0.39 is 12.6 Å². The van der Waals surface area contributed by atoms with Crippen LogP contribution in [0.15, 0.2) is 36.9 Å². The second-order valence-electron chi connectivity index (χ2n) is 3.30. The first kappa shape index (κ1) is 12.0. The van der Waals surface area contributed by atoms with Gasteiger partial charge >= 0.3 is 12.6 Å². The maximum absolute atomic E-state index is 12.2. The van der Waals surface area contributed by atoms with Gasteiger partial charge in [-0.15, -0.1) is 0 Å². The summed E-state index contributed by atoms with van der Waals surface area (Å²) in [4.78, 5) is 15.3. The van der Waals surface area contributed by atoms with Crippen molar-refractivity contribution in [1.82, 2.24) is 14.8 Å². The molecule has 0 aliphatic heterocycles. The van der Waals surface area contributed by atoms with Crippen LogP contribution in [0, 0.1) is 0 Å². The molecular formula is C10H9F2N5O. The molecule has 8 heteroatoms. The predicted molar refractivity (Wildman–Crippen MR) is 60.4 cm³/mol. The van der Waals surface area contributed by atoms with Crippen LogP contribution in [-0.2, 0) is 0 Å². The van der Waals surface area contributed by atoms with Gasteiger partial charge in [0, 0.05) is 18.1 Å². The van der Waals surface area contributed by atoms with Crippen molar-refractivity contribution in [2.75, 3.05) is 10.6 Å². The molecule has 0 saturated carbocycles. The number of pyridine rings is 1. The SMILES string of the molecule is O=C(Nc1ccncc1)Nc1cnn(C(F)F)c1. The molecule has 2 aromatic heterocycles. The summed E-state index contributed by atoms with van der Waals surface area (Å²) in [5.74, 6) is 0. The Morgan fingerprint density at radius 2 is 1.89 bits per heavy atom. The minimum Gasteiger partial charge on any atom is -0.308 e. The lowest BCUT2D eigenvalue weighted by Crippen LogP contribution is -2.19. The van der Waals surface area contributed by atoms with Gasteiger partial charge in [0.1, 0.15) is 0 Å². The Balaban J connectivity index is 1.95. The normalized spacial score (nSPS) is 10.4. The number of carbonyl (C=O) groups excluding carboxylic acids is 1. The van der Waals surface area contributed by atoms with Gasteiger partial charge in [0.2, 0.25) is 0 Å². The van der Waals surface area contributed by atoms with Crippen LogP contribution in [0.4, 0.5) is 25.0 Å². The summed E-state index contributed by atoms with van der Waals surface area (Å²) >= 11 is 0. The largest absolute Gasteiger partial charge is 0.333 e. The van der Waals surface area contributed by atoms with Crippen LogP contribution >= 0.6 is 0 Å². The zero-order valence-corrected chi connectivity index (χ0v) is 9.05. The average Bonchev–Trinajstić information content (AvgIpc) is 2.78. The Kier molecular flexibility index (Phi) is 3.46. The van der Waals surface area contributed by atoms with Crippen molar-refractivity contribution in [1.29, 1.82) is 0 Å². The maximum atomic E-state index is 12.2. The number of alkyl halides is 2. The number of urea groups is 1. The standard InChI is InChI=1S/C10H9F2N5O/c11-9(12)17-6-8(5-14-17)16-10(18)15-7-1-3-13-4-2-7/h1-6,9H,(H2,13,15,16,18). The van der Waals surface area contributed by atoms with E-state index in [1.54, 1.807) is 12.1 Å². The summed E-state index contributed by atoms with van der Waals surface area (Å²) in [5.41, 5.74) is 0.727. The quantitative estimate of drug-likeness (QED) is 0.881. The molecular weight excluding hydrogens is 244 g/mol. The monoisotopic (exact) mass is 253 g/mol. The first-order valence-corrected chi connectivity index (χ1v) is 4.95. The zero-order chi connectivity index (χ0) is 13.0. The minimum absolute atomic E-state index is 0.182. The number of nitrogens with one attached hydrogen (secondary N) is 2. The Labute approximate surface area is 101 Å². The van der Waals surface area contributed by atoms with Gasteiger partial charge < -0.3 is 10.6 Å². The molecule has 18 heavy (non-hydrogen) atoms. The molecule has 0 radical (unpaired) electrons. The Bertz CT molecular complexity index is 528. The summed E-state index contributed by atoms with van der Waals surface area (Å²) in [7, 11) is 0. The molecule has 2 amide bonds. The highest BCUT2D eigenvalue weighted by atomic mass is 19.3. The van der Waals surface area contributed by atoms with Crippen molar-refractivity contribution in [3.63, 3.8) is 0 Å². The second kappa shape index (κ2) is 5.21. The van der Waals surface area contributed by atoms with Gasteiger partial charge in [-0.05, 0) is 12.1 Å². The summed E-state index contributed by atoms with van der Waals surface area (Å²) in [5, 5.41) is 8.28. The van der Waals surface area contributed by atoms with E-state index >= 15 is 0 Å². The van der Waals surface area contributed by atoms with E-state index in [2.05, 4.69) is 20.7 Å². The van der Waals surface area contributed by atoms with Gasteiger partial charge in [-0.2, -0.15) is 13.9 Å². The van der Waals surface area contributed by atoms with E-state index in [9.17, 15) is 13.6 Å². The van der Waals surface area contributed by atoms with Crippen LogP contribution in [0.2, 0.25) is 0 Å². The summed E-state index contributed by atoms with van der Waals surface area (Å²) in [6, 6.07) is 2.65. The average molecular weight is 253 g/mol. The van der Waals surface area contributed by atoms with Gasteiger partial charge in [0.25, 0.3) is 0 Å². The van der Waals surface area contributed by atoms with Gasteiger partial charge in [-0.1, -0.05) is 0 Å². The molecule has 0 aromatic carbocycles. The number of aromatic nitrogens is 3. The fraction of sp³-hybridized carbons (Fsp3) is 0.100.